The number of imidazole rings is 1. The van der Waals surface area contributed by atoms with E-state index >= 15 is 0 Å². The van der Waals surface area contributed by atoms with Crippen molar-refractivity contribution in [1.82, 2.24) is 14.0 Å². The van der Waals surface area contributed by atoms with Gasteiger partial charge in [0.2, 0.25) is 5.91 Å². The second kappa shape index (κ2) is 8.79. The maximum Gasteiger partial charge on any atom is 0.329 e. The van der Waals surface area contributed by atoms with Crippen LogP contribution in [0.25, 0.3) is 11.0 Å². The molecule has 0 atom stereocenters. The number of likely N-dealkylation sites (tertiary alicyclic amines) is 1. The summed E-state index contributed by atoms with van der Waals surface area (Å²) in [6.45, 7) is 6.24. The molecule has 0 bridgehead atoms. The summed E-state index contributed by atoms with van der Waals surface area (Å²) < 4.78 is 3.36. The van der Waals surface area contributed by atoms with Gasteiger partial charge in [0.15, 0.2) is 0 Å². The Bertz CT molecular complexity index is 1190. The van der Waals surface area contributed by atoms with Crippen molar-refractivity contribution in [1.29, 1.82) is 0 Å². The zero-order valence-electron chi connectivity index (χ0n) is 18.1. The number of hydrogen-bond donors (Lipinski definition) is 1. The Morgan fingerprint density at radius 1 is 0.968 bits per heavy atom. The number of hydrogen-bond acceptors (Lipinski definition) is 3. The van der Waals surface area contributed by atoms with E-state index in [9.17, 15) is 14.4 Å². The molecule has 2 amide bonds. The monoisotopic (exact) mass is 420 g/mol. The fourth-order valence-corrected chi connectivity index (χ4v) is 4.31. The van der Waals surface area contributed by atoms with Gasteiger partial charge in [-0.25, -0.2) is 4.79 Å². The van der Waals surface area contributed by atoms with E-state index in [1.165, 1.54) is 0 Å². The summed E-state index contributed by atoms with van der Waals surface area (Å²) in [6.07, 6.45) is 2.24. The lowest BCUT2D eigenvalue weighted by Crippen LogP contribution is -2.28. The van der Waals surface area contributed by atoms with E-state index in [0.717, 1.165) is 42.5 Å². The van der Waals surface area contributed by atoms with Crippen molar-refractivity contribution in [3.8, 4) is 0 Å². The molecule has 2 aromatic carbocycles. The third-order valence-corrected chi connectivity index (χ3v) is 6.04. The van der Waals surface area contributed by atoms with Crippen LogP contribution in [0.15, 0.2) is 47.3 Å². The van der Waals surface area contributed by atoms with Crippen LogP contribution in [0, 0.1) is 6.92 Å². The molecule has 162 valence electrons. The molecule has 0 spiro atoms. The first kappa shape index (κ1) is 20.9. The number of nitrogens with one attached hydrogen (secondary N) is 1. The number of amides is 2. The lowest BCUT2D eigenvalue weighted by molar-refractivity contribution is -0.116. The largest absolute Gasteiger partial charge is 0.339 e. The van der Waals surface area contributed by atoms with Crippen molar-refractivity contribution in [3.05, 3.63) is 64.1 Å². The van der Waals surface area contributed by atoms with Gasteiger partial charge in [-0.2, -0.15) is 0 Å². The molecule has 1 aliphatic rings. The summed E-state index contributed by atoms with van der Waals surface area (Å²) in [6, 6.07) is 13.0. The number of anilines is 1. The van der Waals surface area contributed by atoms with Crippen molar-refractivity contribution < 1.29 is 9.59 Å². The van der Waals surface area contributed by atoms with E-state index in [-0.39, 0.29) is 23.9 Å². The lowest BCUT2D eigenvalue weighted by Gasteiger charge is -2.18. The summed E-state index contributed by atoms with van der Waals surface area (Å²) in [5, 5.41) is 2.92. The quantitative estimate of drug-likeness (QED) is 0.664. The number of para-hydroxylation sites is 2. The predicted molar refractivity (Wildman–Crippen MR) is 121 cm³/mol. The van der Waals surface area contributed by atoms with Gasteiger partial charge in [0, 0.05) is 43.9 Å². The van der Waals surface area contributed by atoms with E-state index in [2.05, 4.69) is 5.32 Å². The van der Waals surface area contributed by atoms with Crippen LogP contribution in [-0.2, 0) is 17.9 Å². The van der Waals surface area contributed by atoms with Crippen LogP contribution >= 0.6 is 0 Å². The van der Waals surface area contributed by atoms with Gasteiger partial charge in [-0.3, -0.25) is 18.7 Å². The number of carbonyl (C=O) groups excluding carboxylic acids is 2. The molecule has 1 saturated heterocycles. The Kier molecular flexibility index (Phi) is 5.93. The van der Waals surface area contributed by atoms with Crippen LogP contribution in [-0.4, -0.2) is 38.9 Å². The first-order chi connectivity index (χ1) is 15.0. The number of fused-ring (bicyclic) bond motifs is 1. The smallest absolute Gasteiger partial charge is 0.329 e. The fourth-order valence-electron chi connectivity index (χ4n) is 4.31. The fraction of sp³-hybridized carbons (Fsp3) is 0.375. The molecular weight excluding hydrogens is 392 g/mol. The average molecular weight is 421 g/mol. The highest BCUT2D eigenvalue weighted by Crippen LogP contribution is 2.22. The third kappa shape index (κ3) is 4.00. The van der Waals surface area contributed by atoms with Crippen molar-refractivity contribution in [3.63, 3.8) is 0 Å². The average Bonchev–Trinajstić information content (AvgIpc) is 3.39. The first-order valence-electron chi connectivity index (χ1n) is 10.9. The van der Waals surface area contributed by atoms with E-state index in [0.29, 0.717) is 24.3 Å². The van der Waals surface area contributed by atoms with Gasteiger partial charge in [-0.15, -0.1) is 0 Å². The summed E-state index contributed by atoms with van der Waals surface area (Å²) in [7, 11) is 0. The highest BCUT2D eigenvalue weighted by molar-refractivity contribution is 5.99. The number of carbonyl (C=O) groups is 2. The zero-order chi connectivity index (χ0) is 22.0. The number of aromatic nitrogens is 2. The number of aryl methyl sites for hydroxylation is 2. The molecule has 0 radical (unpaired) electrons. The van der Waals surface area contributed by atoms with Gasteiger partial charge in [-0.05, 0) is 56.5 Å². The van der Waals surface area contributed by atoms with E-state index < -0.39 is 0 Å². The normalized spacial score (nSPS) is 13.7. The summed E-state index contributed by atoms with van der Waals surface area (Å²) in [5.41, 5.74) is 3.63. The molecule has 7 nitrogen and oxygen atoms in total. The third-order valence-electron chi connectivity index (χ3n) is 6.04. The van der Waals surface area contributed by atoms with E-state index in [1.807, 2.05) is 55.1 Å². The Morgan fingerprint density at radius 2 is 1.65 bits per heavy atom. The Labute approximate surface area is 181 Å². The Morgan fingerprint density at radius 3 is 2.32 bits per heavy atom. The summed E-state index contributed by atoms with van der Waals surface area (Å²) >= 11 is 0. The minimum Gasteiger partial charge on any atom is -0.339 e. The second-order valence-corrected chi connectivity index (χ2v) is 7.94. The van der Waals surface area contributed by atoms with Crippen LogP contribution in [0.2, 0.25) is 0 Å². The van der Waals surface area contributed by atoms with Gasteiger partial charge in [0.25, 0.3) is 5.91 Å². The molecule has 0 saturated carbocycles. The molecule has 1 fully saturated rings. The zero-order valence-corrected chi connectivity index (χ0v) is 18.1. The molecule has 1 aromatic heterocycles. The van der Waals surface area contributed by atoms with Crippen LogP contribution < -0.4 is 11.0 Å². The number of nitrogens with zero attached hydrogens (tertiary/aromatic N) is 3. The molecule has 2 heterocycles. The second-order valence-electron chi connectivity index (χ2n) is 7.94. The minimum absolute atomic E-state index is 0.0185. The van der Waals surface area contributed by atoms with Crippen LogP contribution in [0.5, 0.6) is 0 Å². The van der Waals surface area contributed by atoms with Crippen molar-refractivity contribution >= 4 is 28.5 Å². The van der Waals surface area contributed by atoms with E-state index in [1.54, 1.807) is 15.2 Å². The van der Waals surface area contributed by atoms with Crippen molar-refractivity contribution in [2.45, 2.75) is 46.2 Å². The summed E-state index contributed by atoms with van der Waals surface area (Å²) in [4.78, 5) is 40.1. The molecule has 0 aliphatic carbocycles. The van der Waals surface area contributed by atoms with Crippen LogP contribution in [0.1, 0.15) is 42.1 Å². The molecule has 0 unspecified atom stereocenters. The van der Waals surface area contributed by atoms with Gasteiger partial charge in [0.1, 0.15) is 0 Å². The molecule has 1 aliphatic heterocycles. The molecule has 3 aromatic rings. The van der Waals surface area contributed by atoms with Gasteiger partial charge in [-0.1, -0.05) is 18.2 Å². The van der Waals surface area contributed by atoms with Crippen molar-refractivity contribution in [2.75, 3.05) is 18.4 Å². The molecule has 4 rings (SSSR count). The maximum atomic E-state index is 12.8. The standard InChI is InChI=1S/C24H28N4O3/c1-3-27-20-11-4-5-12-21(20)28(24(27)31)16-13-22(29)25-19-10-8-9-18(17(19)2)23(30)26-14-6-7-15-26/h4-5,8-12H,3,6-7,13-16H2,1-2H3,(H,25,29). The SMILES string of the molecule is CCn1c(=O)n(CCC(=O)Nc2cccc(C(=O)N3CCCC3)c2C)c2ccccc21. The Balaban J connectivity index is 1.48. The minimum atomic E-state index is -0.186. The first-order valence-corrected chi connectivity index (χ1v) is 10.9. The lowest BCUT2D eigenvalue weighted by atomic mass is 10.1. The van der Waals surface area contributed by atoms with E-state index in [4.69, 9.17) is 0 Å². The van der Waals surface area contributed by atoms with Gasteiger partial charge in [0.05, 0.1) is 11.0 Å². The number of benzene rings is 2. The van der Waals surface area contributed by atoms with Crippen LogP contribution in [0.4, 0.5) is 5.69 Å². The van der Waals surface area contributed by atoms with Gasteiger partial charge >= 0.3 is 5.69 Å². The topological polar surface area (TPSA) is 76.3 Å². The summed E-state index contributed by atoms with van der Waals surface area (Å²) in [5.74, 6) is -0.167. The molecule has 7 heteroatoms. The van der Waals surface area contributed by atoms with Crippen molar-refractivity contribution in [2.24, 2.45) is 0 Å². The predicted octanol–water partition coefficient (Wildman–Crippen LogP) is 3.40. The van der Waals surface area contributed by atoms with Gasteiger partial charge < -0.3 is 10.2 Å². The maximum absolute atomic E-state index is 12.8. The molecule has 1 N–H and O–H groups in total. The molecular formula is C24H28N4O3. The number of rotatable bonds is 6. The highest BCUT2D eigenvalue weighted by atomic mass is 16.2. The molecule has 31 heavy (non-hydrogen) atoms. The van der Waals surface area contributed by atoms with Crippen LogP contribution in [0.3, 0.4) is 0 Å². The Hall–Kier alpha value is -3.35. The highest BCUT2D eigenvalue weighted by Gasteiger charge is 2.22.